The lowest BCUT2D eigenvalue weighted by atomic mass is 9.86. The van der Waals surface area contributed by atoms with Gasteiger partial charge in [0, 0.05) is 46.4 Å². The number of nitrogens with zero attached hydrogens (tertiary/aromatic N) is 4. The summed E-state index contributed by atoms with van der Waals surface area (Å²) < 4.78 is 25.2. The van der Waals surface area contributed by atoms with E-state index in [1.165, 1.54) is 12.5 Å². The zero-order valence-electron chi connectivity index (χ0n) is 22.0. The molecule has 1 atom stereocenters. The van der Waals surface area contributed by atoms with Crippen LogP contribution in [-0.2, 0) is 27.1 Å². The van der Waals surface area contributed by atoms with Crippen molar-refractivity contribution in [2.24, 2.45) is 11.4 Å². The normalized spacial score (nSPS) is 15.7. The predicted molar refractivity (Wildman–Crippen MR) is 150 cm³/mol. The predicted octanol–water partition coefficient (Wildman–Crippen LogP) is 4.47. The minimum absolute atomic E-state index is 0.0242. The summed E-state index contributed by atoms with van der Waals surface area (Å²) in [6.45, 7) is 1.44. The van der Waals surface area contributed by atoms with Crippen molar-refractivity contribution in [3.8, 4) is 11.1 Å². The molecular formula is C29H32N4O4S. The Morgan fingerprint density at radius 2 is 1.84 bits per heavy atom. The van der Waals surface area contributed by atoms with E-state index in [0.717, 1.165) is 36.0 Å². The minimum atomic E-state index is -2.55. The number of ether oxygens (including phenoxy) is 1. The molecule has 9 heteroatoms. The Hall–Kier alpha value is -3.40. The lowest BCUT2D eigenvalue weighted by Gasteiger charge is -2.39. The number of benzene rings is 2. The summed E-state index contributed by atoms with van der Waals surface area (Å²) in [6.07, 6.45) is 7.70. The second-order valence-corrected chi connectivity index (χ2v) is 12.8. The molecule has 0 saturated heterocycles. The smallest absolute Gasteiger partial charge is 0.258 e. The fraction of sp³-hybridized carbons (Fsp3) is 0.345. The fourth-order valence-corrected chi connectivity index (χ4v) is 5.30. The maximum absolute atomic E-state index is 12.6. The number of hydrogen-bond acceptors (Lipinski definition) is 7. The molecule has 1 fully saturated rings. The largest absolute Gasteiger partial charge is 0.393 e. The Morgan fingerprint density at radius 3 is 2.45 bits per heavy atom. The van der Waals surface area contributed by atoms with Gasteiger partial charge in [0.25, 0.3) is 11.5 Å². The van der Waals surface area contributed by atoms with E-state index in [1.54, 1.807) is 24.7 Å². The van der Waals surface area contributed by atoms with Gasteiger partial charge in [-0.15, -0.1) is 0 Å². The van der Waals surface area contributed by atoms with Crippen LogP contribution in [0.3, 0.4) is 0 Å². The molecule has 0 bridgehead atoms. The summed E-state index contributed by atoms with van der Waals surface area (Å²) in [4.78, 5) is 21.7. The summed E-state index contributed by atoms with van der Waals surface area (Å²) in [5, 5.41) is 11.7. The average Bonchev–Trinajstić information content (AvgIpc) is 2.86. The van der Waals surface area contributed by atoms with E-state index in [0.29, 0.717) is 22.2 Å². The zero-order valence-corrected chi connectivity index (χ0v) is 22.9. The van der Waals surface area contributed by atoms with Crippen molar-refractivity contribution in [1.29, 1.82) is 0 Å². The number of fused-ring (bicyclic) bond motifs is 1. The van der Waals surface area contributed by atoms with Crippen LogP contribution in [0.4, 0.5) is 5.95 Å². The highest BCUT2D eigenvalue weighted by molar-refractivity contribution is 7.92. The molecule has 8 nitrogen and oxygen atoms in total. The number of rotatable bonds is 7. The number of pyridine rings is 1. The quantitative estimate of drug-likeness (QED) is 0.376. The van der Waals surface area contributed by atoms with Crippen LogP contribution in [0, 0.1) is 6.92 Å². The van der Waals surface area contributed by atoms with E-state index in [2.05, 4.69) is 9.35 Å². The molecule has 0 amide bonds. The van der Waals surface area contributed by atoms with Crippen LogP contribution in [0.15, 0.2) is 70.0 Å². The maximum atomic E-state index is 12.6. The minimum Gasteiger partial charge on any atom is -0.393 e. The highest BCUT2D eigenvalue weighted by atomic mass is 32.2. The zero-order chi connectivity index (χ0) is 27.1. The summed E-state index contributed by atoms with van der Waals surface area (Å²) in [5.74, 6) is 0.0826. The molecule has 38 heavy (non-hydrogen) atoms. The van der Waals surface area contributed by atoms with Gasteiger partial charge in [-0.05, 0) is 61.1 Å². The summed E-state index contributed by atoms with van der Waals surface area (Å²) in [6, 6.07) is 17.2. The number of aliphatic hydroxyl groups is 1. The number of hydrogen-bond donors (Lipinski definition) is 1. The Labute approximate surface area is 222 Å². The lowest BCUT2D eigenvalue weighted by Crippen LogP contribution is -2.42. The highest BCUT2D eigenvalue weighted by Crippen LogP contribution is 2.41. The first-order valence-corrected chi connectivity index (χ1v) is 14.9. The van der Waals surface area contributed by atoms with Crippen molar-refractivity contribution in [1.82, 2.24) is 14.5 Å². The molecule has 2 heterocycles. The first kappa shape index (κ1) is 26.2. The van der Waals surface area contributed by atoms with Gasteiger partial charge < -0.3 is 14.4 Å². The number of aliphatic hydroxyl groups excluding tert-OH is 1. The standard InChI is InChI=1S/C29H32N4O4S/c1-19-15-21(17-33(2)27(19)35)20-13-14-25-24(16-20)26(31-28(30-25)32-38(3,4)36)29(18-34,37-23-11-8-12-23)22-9-6-5-7-10-22/h5-7,9-10,13-17,23,34H,8,11-12,18H2,1-4H3. The van der Waals surface area contributed by atoms with Crippen LogP contribution in [0.5, 0.6) is 0 Å². The van der Waals surface area contributed by atoms with Gasteiger partial charge in [0.15, 0.2) is 5.60 Å². The topological polar surface area (TPSA) is 107 Å². The third-order valence-electron chi connectivity index (χ3n) is 6.95. The van der Waals surface area contributed by atoms with E-state index in [9.17, 15) is 14.1 Å². The second kappa shape index (κ2) is 10.1. The first-order chi connectivity index (χ1) is 18.1. The molecule has 5 rings (SSSR count). The summed E-state index contributed by atoms with van der Waals surface area (Å²) >= 11 is 0. The number of aromatic nitrogens is 3. The molecular weight excluding hydrogens is 500 g/mol. The lowest BCUT2D eigenvalue weighted by molar-refractivity contribution is -0.126. The van der Waals surface area contributed by atoms with Crippen molar-refractivity contribution >= 4 is 26.6 Å². The second-order valence-electron chi connectivity index (χ2n) is 10.2. The molecule has 198 valence electrons. The molecule has 4 aromatic rings. The summed E-state index contributed by atoms with van der Waals surface area (Å²) in [7, 11) is -0.816. The molecule has 1 unspecified atom stereocenters. The van der Waals surface area contributed by atoms with Gasteiger partial charge in [-0.3, -0.25) is 4.79 Å². The Balaban J connectivity index is 1.83. The van der Waals surface area contributed by atoms with Crippen molar-refractivity contribution in [2.45, 2.75) is 37.9 Å². The van der Waals surface area contributed by atoms with E-state index >= 15 is 0 Å². The van der Waals surface area contributed by atoms with E-state index in [-0.39, 0.29) is 24.2 Å². The molecule has 0 spiro atoms. The van der Waals surface area contributed by atoms with E-state index in [1.807, 2.05) is 54.6 Å². The van der Waals surface area contributed by atoms with Crippen LogP contribution < -0.4 is 5.56 Å². The van der Waals surface area contributed by atoms with Crippen LogP contribution in [-0.4, -0.2) is 49.1 Å². The Bertz CT molecular complexity index is 1650. The van der Waals surface area contributed by atoms with Gasteiger partial charge in [0.1, 0.15) is 0 Å². The van der Waals surface area contributed by atoms with Crippen molar-refractivity contribution in [3.05, 3.63) is 88.0 Å². The third-order valence-corrected chi connectivity index (χ3v) is 7.55. The average molecular weight is 533 g/mol. The molecule has 1 aliphatic rings. The Morgan fingerprint density at radius 1 is 1.11 bits per heavy atom. The van der Waals surface area contributed by atoms with Crippen molar-refractivity contribution < 1.29 is 14.1 Å². The van der Waals surface area contributed by atoms with Crippen LogP contribution >= 0.6 is 0 Å². The monoisotopic (exact) mass is 532 g/mol. The SMILES string of the molecule is Cc1cc(-c2ccc3nc(N=S(C)(C)=O)nc(C(CO)(OC4CCC4)c4ccccc4)c3c2)cn(C)c1=O. The van der Waals surface area contributed by atoms with Gasteiger partial charge in [0.05, 0.1) is 23.9 Å². The van der Waals surface area contributed by atoms with Gasteiger partial charge in [-0.2, -0.15) is 4.36 Å². The van der Waals surface area contributed by atoms with E-state index < -0.39 is 15.3 Å². The van der Waals surface area contributed by atoms with Crippen molar-refractivity contribution in [3.63, 3.8) is 0 Å². The van der Waals surface area contributed by atoms with Crippen LogP contribution in [0.2, 0.25) is 0 Å². The van der Waals surface area contributed by atoms with E-state index in [4.69, 9.17) is 9.72 Å². The molecule has 0 aliphatic heterocycles. The highest BCUT2D eigenvalue weighted by Gasteiger charge is 2.42. The Kier molecular flexibility index (Phi) is 6.94. The van der Waals surface area contributed by atoms with Gasteiger partial charge in [0.2, 0.25) is 0 Å². The molecule has 1 saturated carbocycles. The number of aryl methyl sites for hydroxylation is 2. The van der Waals surface area contributed by atoms with Crippen LogP contribution in [0.1, 0.15) is 36.1 Å². The molecule has 1 N–H and O–H groups in total. The van der Waals surface area contributed by atoms with Crippen LogP contribution in [0.25, 0.3) is 22.0 Å². The third kappa shape index (κ3) is 5.01. The molecule has 2 aromatic carbocycles. The van der Waals surface area contributed by atoms with Crippen molar-refractivity contribution in [2.75, 3.05) is 19.1 Å². The van der Waals surface area contributed by atoms with Gasteiger partial charge in [-0.25, -0.2) is 14.2 Å². The molecule has 1 aliphatic carbocycles. The first-order valence-electron chi connectivity index (χ1n) is 12.6. The fourth-order valence-electron chi connectivity index (χ4n) is 4.82. The van der Waals surface area contributed by atoms with Gasteiger partial charge in [-0.1, -0.05) is 36.4 Å². The van der Waals surface area contributed by atoms with Gasteiger partial charge >= 0.3 is 0 Å². The maximum Gasteiger partial charge on any atom is 0.258 e. The molecule has 2 aromatic heterocycles. The molecule has 0 radical (unpaired) electrons. The summed E-state index contributed by atoms with van der Waals surface area (Å²) in [5.41, 5.74) is 2.86.